The first-order valence-corrected chi connectivity index (χ1v) is 7.93. The third-order valence-electron chi connectivity index (χ3n) is 4.04. The van der Waals surface area contributed by atoms with Crippen LogP contribution in [0.5, 0.6) is 5.75 Å². The van der Waals surface area contributed by atoms with Gasteiger partial charge in [-0.15, -0.1) is 0 Å². The second-order valence-electron chi connectivity index (χ2n) is 5.82. The van der Waals surface area contributed by atoms with Crippen molar-refractivity contribution in [3.63, 3.8) is 0 Å². The van der Waals surface area contributed by atoms with Gasteiger partial charge in [0, 0.05) is 31.0 Å². The van der Waals surface area contributed by atoms with Gasteiger partial charge in [0.25, 0.3) is 11.8 Å². The highest BCUT2D eigenvalue weighted by Crippen LogP contribution is 2.23. The summed E-state index contributed by atoms with van der Waals surface area (Å²) in [6.07, 6.45) is 5.62. The molecule has 0 radical (unpaired) electrons. The van der Waals surface area contributed by atoms with Crippen molar-refractivity contribution in [2.45, 2.75) is 18.9 Å². The second-order valence-corrected chi connectivity index (χ2v) is 5.82. The predicted octanol–water partition coefficient (Wildman–Crippen LogP) is 1.22. The molecule has 1 saturated heterocycles. The zero-order valence-corrected chi connectivity index (χ0v) is 13.3. The summed E-state index contributed by atoms with van der Waals surface area (Å²) in [5, 5.41) is 4.28. The molecule has 3 rings (SSSR count). The number of carbonyl (C=O) groups excluding carboxylic acids is 2. The molecule has 1 fully saturated rings. The van der Waals surface area contributed by atoms with Gasteiger partial charge < -0.3 is 15.4 Å². The molecule has 2 N–H and O–H groups in total. The molecule has 0 aliphatic carbocycles. The number of piperidine rings is 1. The quantitative estimate of drug-likeness (QED) is 0.893. The fraction of sp³-hybridized carbons (Fsp3) is 0.353. The van der Waals surface area contributed by atoms with Crippen molar-refractivity contribution in [1.82, 2.24) is 14.7 Å². The number of ether oxygens (including phenoxy) is 1. The fourth-order valence-electron chi connectivity index (χ4n) is 2.91. The number of rotatable bonds is 5. The van der Waals surface area contributed by atoms with Crippen LogP contribution in [0.25, 0.3) is 0 Å². The van der Waals surface area contributed by atoms with Crippen molar-refractivity contribution in [2.24, 2.45) is 5.73 Å². The summed E-state index contributed by atoms with van der Waals surface area (Å²) in [6, 6.07) is 8.91. The molecule has 24 heavy (non-hydrogen) atoms. The van der Waals surface area contributed by atoms with Crippen LogP contribution in [-0.4, -0.2) is 46.2 Å². The van der Waals surface area contributed by atoms with E-state index in [-0.39, 0.29) is 18.6 Å². The minimum atomic E-state index is -0.551. The van der Waals surface area contributed by atoms with Gasteiger partial charge in [0.2, 0.25) is 0 Å². The van der Waals surface area contributed by atoms with Crippen molar-refractivity contribution < 1.29 is 14.3 Å². The van der Waals surface area contributed by atoms with Crippen molar-refractivity contribution in [1.29, 1.82) is 0 Å². The maximum atomic E-state index is 12.8. The van der Waals surface area contributed by atoms with Crippen LogP contribution in [0.15, 0.2) is 42.7 Å². The Morgan fingerprint density at radius 1 is 1.33 bits per heavy atom. The molecule has 1 atom stereocenters. The Morgan fingerprint density at radius 3 is 2.96 bits per heavy atom. The SMILES string of the molecule is NC(=O)COc1cccc(C(=O)N2CCC[C@@H](n3cccn3)C2)c1. The molecule has 126 valence electrons. The summed E-state index contributed by atoms with van der Waals surface area (Å²) in [5.41, 5.74) is 5.61. The molecule has 1 aliphatic heterocycles. The molecule has 0 saturated carbocycles. The lowest BCUT2D eigenvalue weighted by molar-refractivity contribution is -0.119. The molecule has 1 aromatic heterocycles. The number of carbonyl (C=O) groups is 2. The van der Waals surface area contributed by atoms with Gasteiger partial charge in [0.1, 0.15) is 5.75 Å². The number of benzene rings is 1. The molecule has 2 aromatic rings. The van der Waals surface area contributed by atoms with Crippen molar-refractivity contribution in [3.8, 4) is 5.75 Å². The minimum absolute atomic E-state index is 0.0450. The zero-order chi connectivity index (χ0) is 16.9. The Kier molecular flexibility index (Phi) is 4.79. The average molecular weight is 328 g/mol. The normalized spacial score (nSPS) is 17.5. The lowest BCUT2D eigenvalue weighted by atomic mass is 10.0. The topological polar surface area (TPSA) is 90.5 Å². The highest BCUT2D eigenvalue weighted by atomic mass is 16.5. The molecule has 2 heterocycles. The Balaban J connectivity index is 1.69. The first-order chi connectivity index (χ1) is 11.6. The van der Waals surface area contributed by atoms with E-state index in [0.29, 0.717) is 17.9 Å². The number of nitrogens with zero attached hydrogens (tertiary/aromatic N) is 3. The maximum absolute atomic E-state index is 12.8. The van der Waals surface area contributed by atoms with E-state index in [1.165, 1.54) is 0 Å². The minimum Gasteiger partial charge on any atom is -0.484 e. The van der Waals surface area contributed by atoms with Gasteiger partial charge in [-0.05, 0) is 37.1 Å². The molecular formula is C17H20N4O3. The molecule has 1 aromatic carbocycles. The van der Waals surface area contributed by atoms with Crippen LogP contribution >= 0.6 is 0 Å². The molecule has 0 unspecified atom stereocenters. The molecular weight excluding hydrogens is 308 g/mol. The largest absolute Gasteiger partial charge is 0.484 e. The molecule has 0 bridgehead atoms. The molecule has 1 aliphatic rings. The van der Waals surface area contributed by atoms with Gasteiger partial charge in [-0.2, -0.15) is 5.10 Å². The fourth-order valence-corrected chi connectivity index (χ4v) is 2.91. The average Bonchev–Trinajstić information content (AvgIpc) is 3.14. The first kappa shape index (κ1) is 16.0. The van der Waals surface area contributed by atoms with Crippen LogP contribution in [0.1, 0.15) is 29.2 Å². The van der Waals surface area contributed by atoms with Gasteiger partial charge >= 0.3 is 0 Å². The molecule has 7 nitrogen and oxygen atoms in total. The van der Waals surface area contributed by atoms with Crippen LogP contribution in [0.3, 0.4) is 0 Å². The summed E-state index contributed by atoms with van der Waals surface area (Å²) in [4.78, 5) is 25.4. The third kappa shape index (κ3) is 3.73. The Morgan fingerprint density at radius 2 is 2.21 bits per heavy atom. The first-order valence-electron chi connectivity index (χ1n) is 7.93. The van der Waals surface area contributed by atoms with Crippen LogP contribution < -0.4 is 10.5 Å². The maximum Gasteiger partial charge on any atom is 0.255 e. The Labute approximate surface area is 140 Å². The van der Waals surface area contributed by atoms with Gasteiger partial charge in [-0.3, -0.25) is 14.3 Å². The summed E-state index contributed by atoms with van der Waals surface area (Å²) < 4.78 is 7.17. The smallest absolute Gasteiger partial charge is 0.255 e. The third-order valence-corrected chi connectivity index (χ3v) is 4.04. The van der Waals surface area contributed by atoms with Crippen LogP contribution in [0, 0.1) is 0 Å². The number of nitrogens with two attached hydrogens (primary N) is 1. The Bertz CT molecular complexity index is 714. The van der Waals surface area contributed by atoms with E-state index < -0.39 is 5.91 Å². The van der Waals surface area contributed by atoms with Crippen LogP contribution in [-0.2, 0) is 4.79 Å². The van der Waals surface area contributed by atoms with E-state index in [1.54, 1.807) is 30.5 Å². The summed E-state index contributed by atoms with van der Waals surface area (Å²) >= 11 is 0. The second kappa shape index (κ2) is 7.16. The number of primary amides is 1. The number of likely N-dealkylation sites (tertiary alicyclic amines) is 1. The lowest BCUT2D eigenvalue weighted by Gasteiger charge is -2.33. The van der Waals surface area contributed by atoms with E-state index >= 15 is 0 Å². The van der Waals surface area contributed by atoms with E-state index in [0.717, 1.165) is 19.4 Å². The highest BCUT2D eigenvalue weighted by Gasteiger charge is 2.25. The van der Waals surface area contributed by atoms with E-state index in [1.807, 2.05) is 21.8 Å². The van der Waals surface area contributed by atoms with Crippen LogP contribution in [0.4, 0.5) is 0 Å². The van der Waals surface area contributed by atoms with E-state index in [9.17, 15) is 9.59 Å². The standard InChI is InChI=1S/C17H20N4O3/c18-16(22)12-24-15-6-1-4-13(10-15)17(23)20-8-2-5-14(11-20)21-9-3-7-19-21/h1,3-4,6-7,9-10,14H,2,5,8,11-12H2,(H2,18,22)/t14-/m1/s1. The van der Waals surface area contributed by atoms with Crippen molar-refractivity contribution in [2.75, 3.05) is 19.7 Å². The number of hydrogen-bond donors (Lipinski definition) is 1. The molecule has 7 heteroatoms. The summed E-state index contributed by atoms with van der Waals surface area (Å²) in [6.45, 7) is 1.15. The number of hydrogen-bond acceptors (Lipinski definition) is 4. The number of aromatic nitrogens is 2. The predicted molar refractivity (Wildman–Crippen MR) is 87.5 cm³/mol. The summed E-state index contributed by atoms with van der Waals surface area (Å²) in [5.74, 6) is -0.138. The van der Waals surface area contributed by atoms with Gasteiger partial charge in [-0.25, -0.2) is 0 Å². The van der Waals surface area contributed by atoms with E-state index in [4.69, 9.17) is 10.5 Å². The van der Waals surface area contributed by atoms with Crippen molar-refractivity contribution in [3.05, 3.63) is 48.3 Å². The lowest BCUT2D eigenvalue weighted by Crippen LogP contribution is -2.40. The van der Waals surface area contributed by atoms with Gasteiger partial charge in [0.05, 0.1) is 6.04 Å². The van der Waals surface area contributed by atoms with Gasteiger partial charge in [-0.1, -0.05) is 6.07 Å². The van der Waals surface area contributed by atoms with E-state index in [2.05, 4.69) is 5.10 Å². The molecule has 0 spiro atoms. The monoisotopic (exact) mass is 328 g/mol. The Hall–Kier alpha value is -2.83. The van der Waals surface area contributed by atoms with Crippen molar-refractivity contribution >= 4 is 11.8 Å². The number of amides is 2. The van der Waals surface area contributed by atoms with Gasteiger partial charge in [0.15, 0.2) is 6.61 Å². The highest BCUT2D eigenvalue weighted by molar-refractivity contribution is 5.94. The van der Waals surface area contributed by atoms with Crippen LogP contribution in [0.2, 0.25) is 0 Å². The summed E-state index contributed by atoms with van der Waals surface area (Å²) in [7, 11) is 0. The molecule has 2 amide bonds. The zero-order valence-electron chi connectivity index (χ0n) is 13.3.